The fourth-order valence-corrected chi connectivity index (χ4v) is 6.76. The maximum atomic E-state index is 12.9. The van der Waals surface area contributed by atoms with E-state index in [1.807, 2.05) is 6.92 Å². The van der Waals surface area contributed by atoms with E-state index < -0.39 is 25.1 Å². The van der Waals surface area contributed by atoms with Gasteiger partial charge in [-0.3, -0.25) is 0 Å². The van der Waals surface area contributed by atoms with Gasteiger partial charge in [0, 0.05) is 13.1 Å². The molecule has 1 heterocycles. The molecule has 1 aliphatic heterocycles. The SMILES string of the molecule is Cc1ccc(S(=O)(=O)N2C[C@@H](S(=O)(=O)c3ccccc3)[C@@H](C)C2)cc1. The predicted molar refractivity (Wildman–Crippen MR) is 96.5 cm³/mol. The first-order valence-electron chi connectivity index (χ1n) is 8.08. The first-order chi connectivity index (χ1) is 11.7. The van der Waals surface area contributed by atoms with Crippen molar-refractivity contribution in [3.05, 3.63) is 60.2 Å². The highest BCUT2D eigenvalue weighted by atomic mass is 32.2. The standard InChI is InChI=1S/C18H21NO4S2/c1-14-8-10-17(11-9-14)25(22,23)19-12-15(2)18(13-19)24(20,21)16-6-4-3-5-7-16/h3-11,15,18H,12-13H2,1-2H3/t15-,18+/m0/s1. The Morgan fingerprint density at radius 2 is 1.44 bits per heavy atom. The number of sulfone groups is 1. The molecular weight excluding hydrogens is 358 g/mol. The number of nitrogens with zero attached hydrogens (tertiary/aromatic N) is 1. The molecule has 2 atom stereocenters. The Bertz CT molecular complexity index is 952. The Morgan fingerprint density at radius 1 is 0.840 bits per heavy atom. The number of hydrogen-bond acceptors (Lipinski definition) is 4. The Hall–Kier alpha value is -1.70. The molecule has 0 bridgehead atoms. The van der Waals surface area contributed by atoms with Crippen molar-refractivity contribution in [1.29, 1.82) is 0 Å². The summed E-state index contributed by atoms with van der Waals surface area (Å²) >= 11 is 0. The van der Waals surface area contributed by atoms with E-state index in [9.17, 15) is 16.8 Å². The van der Waals surface area contributed by atoms with E-state index >= 15 is 0 Å². The van der Waals surface area contributed by atoms with Gasteiger partial charge in [0.25, 0.3) is 0 Å². The van der Waals surface area contributed by atoms with Gasteiger partial charge >= 0.3 is 0 Å². The molecule has 0 radical (unpaired) electrons. The first kappa shape index (κ1) is 18.1. The van der Waals surface area contributed by atoms with Gasteiger partial charge in [-0.15, -0.1) is 0 Å². The summed E-state index contributed by atoms with van der Waals surface area (Å²) in [6, 6.07) is 14.8. The van der Waals surface area contributed by atoms with E-state index in [0.29, 0.717) is 0 Å². The van der Waals surface area contributed by atoms with Gasteiger partial charge in [0.2, 0.25) is 10.0 Å². The van der Waals surface area contributed by atoms with Gasteiger partial charge in [-0.25, -0.2) is 16.8 Å². The van der Waals surface area contributed by atoms with Crippen LogP contribution >= 0.6 is 0 Å². The van der Waals surface area contributed by atoms with E-state index in [2.05, 4.69) is 0 Å². The number of sulfonamides is 1. The number of aryl methyl sites for hydroxylation is 1. The lowest BCUT2D eigenvalue weighted by molar-refractivity contribution is 0.464. The highest BCUT2D eigenvalue weighted by molar-refractivity contribution is 7.92. The largest absolute Gasteiger partial charge is 0.243 e. The summed E-state index contributed by atoms with van der Waals surface area (Å²) in [5.41, 5.74) is 0.971. The zero-order valence-electron chi connectivity index (χ0n) is 14.2. The van der Waals surface area contributed by atoms with Crippen molar-refractivity contribution in [2.24, 2.45) is 5.92 Å². The fourth-order valence-electron chi connectivity index (χ4n) is 3.14. The predicted octanol–water partition coefficient (Wildman–Crippen LogP) is 2.48. The molecule has 0 amide bonds. The maximum Gasteiger partial charge on any atom is 0.243 e. The zero-order valence-corrected chi connectivity index (χ0v) is 15.8. The van der Waals surface area contributed by atoms with E-state index in [4.69, 9.17) is 0 Å². The quantitative estimate of drug-likeness (QED) is 0.818. The lowest BCUT2D eigenvalue weighted by Crippen LogP contribution is -2.32. The normalized spacial score (nSPS) is 22.2. The van der Waals surface area contributed by atoms with Crippen molar-refractivity contribution in [1.82, 2.24) is 4.31 Å². The van der Waals surface area contributed by atoms with E-state index in [-0.39, 0.29) is 28.8 Å². The molecule has 0 aromatic heterocycles. The molecule has 2 aromatic carbocycles. The van der Waals surface area contributed by atoms with Crippen LogP contribution in [0.1, 0.15) is 12.5 Å². The molecule has 0 aliphatic carbocycles. The second kappa shape index (κ2) is 6.55. The van der Waals surface area contributed by atoms with Gasteiger partial charge in [-0.2, -0.15) is 4.31 Å². The van der Waals surface area contributed by atoms with Crippen molar-refractivity contribution in [2.75, 3.05) is 13.1 Å². The minimum atomic E-state index is -3.69. The average Bonchev–Trinajstić information content (AvgIpc) is 2.99. The Labute approximate surface area is 149 Å². The molecule has 0 N–H and O–H groups in total. The summed E-state index contributed by atoms with van der Waals surface area (Å²) in [5.74, 6) is -0.273. The van der Waals surface area contributed by atoms with Crippen LogP contribution in [-0.2, 0) is 19.9 Å². The van der Waals surface area contributed by atoms with Crippen molar-refractivity contribution in [2.45, 2.75) is 28.9 Å². The maximum absolute atomic E-state index is 12.9. The molecule has 5 nitrogen and oxygen atoms in total. The molecule has 2 aromatic rings. The van der Waals surface area contributed by atoms with Crippen LogP contribution in [0, 0.1) is 12.8 Å². The van der Waals surface area contributed by atoms with Gasteiger partial charge in [-0.1, -0.05) is 42.8 Å². The fraction of sp³-hybridized carbons (Fsp3) is 0.333. The van der Waals surface area contributed by atoms with Crippen LogP contribution in [0.15, 0.2) is 64.4 Å². The van der Waals surface area contributed by atoms with Crippen LogP contribution in [0.5, 0.6) is 0 Å². The van der Waals surface area contributed by atoms with Crippen LogP contribution in [0.3, 0.4) is 0 Å². The molecule has 1 fully saturated rings. The summed E-state index contributed by atoms with van der Waals surface area (Å²) in [7, 11) is -7.27. The van der Waals surface area contributed by atoms with Crippen LogP contribution in [0.4, 0.5) is 0 Å². The summed E-state index contributed by atoms with van der Waals surface area (Å²) in [5, 5.41) is -0.741. The van der Waals surface area contributed by atoms with Crippen molar-refractivity contribution < 1.29 is 16.8 Å². The molecule has 0 saturated carbocycles. The van der Waals surface area contributed by atoms with Crippen molar-refractivity contribution in [3.8, 4) is 0 Å². The highest BCUT2D eigenvalue weighted by Crippen LogP contribution is 2.31. The van der Waals surface area contributed by atoms with Crippen LogP contribution in [-0.4, -0.2) is 39.5 Å². The lowest BCUT2D eigenvalue weighted by atomic mass is 10.1. The van der Waals surface area contributed by atoms with Gasteiger partial charge in [0.15, 0.2) is 9.84 Å². The van der Waals surface area contributed by atoms with Gasteiger partial charge < -0.3 is 0 Å². The third-order valence-corrected chi connectivity index (χ3v) is 8.82. The molecule has 0 unspecified atom stereocenters. The number of benzene rings is 2. The Kier molecular flexibility index (Phi) is 4.74. The minimum Gasteiger partial charge on any atom is -0.223 e. The Balaban J connectivity index is 1.90. The third-order valence-electron chi connectivity index (χ3n) is 4.64. The van der Waals surface area contributed by atoms with Gasteiger partial charge in [0.05, 0.1) is 15.0 Å². The summed E-state index contributed by atoms with van der Waals surface area (Å²) in [6.45, 7) is 3.86. The molecule has 7 heteroatoms. The molecule has 1 saturated heterocycles. The second-order valence-electron chi connectivity index (χ2n) is 6.51. The molecule has 1 aliphatic rings. The summed E-state index contributed by atoms with van der Waals surface area (Å²) in [4.78, 5) is 0.435. The summed E-state index contributed by atoms with van der Waals surface area (Å²) < 4.78 is 52.7. The monoisotopic (exact) mass is 379 g/mol. The molecule has 0 spiro atoms. The summed E-state index contributed by atoms with van der Waals surface area (Å²) in [6.07, 6.45) is 0. The van der Waals surface area contributed by atoms with Crippen LogP contribution in [0.25, 0.3) is 0 Å². The molecule has 3 rings (SSSR count). The van der Waals surface area contributed by atoms with Crippen molar-refractivity contribution in [3.63, 3.8) is 0 Å². The van der Waals surface area contributed by atoms with Crippen LogP contribution < -0.4 is 0 Å². The first-order valence-corrected chi connectivity index (χ1v) is 11.1. The van der Waals surface area contributed by atoms with E-state index in [1.165, 1.54) is 4.31 Å². The lowest BCUT2D eigenvalue weighted by Gasteiger charge is -2.17. The zero-order chi connectivity index (χ0) is 18.2. The van der Waals surface area contributed by atoms with Crippen molar-refractivity contribution >= 4 is 19.9 Å². The Morgan fingerprint density at radius 3 is 2.04 bits per heavy atom. The second-order valence-corrected chi connectivity index (χ2v) is 10.6. The smallest absolute Gasteiger partial charge is 0.223 e. The van der Waals surface area contributed by atoms with Crippen LogP contribution in [0.2, 0.25) is 0 Å². The topological polar surface area (TPSA) is 71.5 Å². The third kappa shape index (κ3) is 3.36. The van der Waals surface area contributed by atoms with E-state index in [1.54, 1.807) is 61.5 Å². The number of rotatable bonds is 4. The van der Waals surface area contributed by atoms with Gasteiger partial charge in [0.1, 0.15) is 0 Å². The van der Waals surface area contributed by atoms with E-state index in [0.717, 1.165) is 5.56 Å². The average molecular weight is 380 g/mol. The van der Waals surface area contributed by atoms with Gasteiger partial charge in [-0.05, 0) is 37.1 Å². The minimum absolute atomic E-state index is 0.0192. The highest BCUT2D eigenvalue weighted by Gasteiger charge is 2.44. The molecular formula is C18H21NO4S2. The number of hydrogen-bond donors (Lipinski definition) is 0. The molecule has 25 heavy (non-hydrogen) atoms. The molecule has 134 valence electrons.